The summed E-state index contributed by atoms with van der Waals surface area (Å²) >= 11 is 3.30. The summed E-state index contributed by atoms with van der Waals surface area (Å²) in [7, 11) is 1.61. The maximum Gasteiger partial charge on any atom is 0.299 e. The summed E-state index contributed by atoms with van der Waals surface area (Å²) in [5, 5.41) is 0. The Kier molecular flexibility index (Phi) is 2.55. The third-order valence-electron chi connectivity index (χ3n) is 2.07. The van der Waals surface area contributed by atoms with Crippen LogP contribution in [0.4, 0.5) is 0 Å². The summed E-state index contributed by atoms with van der Waals surface area (Å²) in [6.07, 6.45) is 4.10. The van der Waals surface area contributed by atoms with Crippen molar-refractivity contribution in [3.8, 4) is 6.01 Å². The van der Waals surface area contributed by atoms with Crippen molar-refractivity contribution in [2.75, 3.05) is 13.7 Å². The molecule has 2 heterocycles. The van der Waals surface area contributed by atoms with Gasteiger partial charge < -0.3 is 9.47 Å². The molecule has 1 aromatic heterocycles. The molecule has 0 radical (unpaired) electrons. The molecule has 1 aliphatic heterocycles. The Labute approximate surface area is 85.0 Å². The van der Waals surface area contributed by atoms with Crippen LogP contribution >= 0.6 is 15.9 Å². The lowest BCUT2D eigenvalue weighted by Crippen LogP contribution is -2.07. The summed E-state index contributed by atoms with van der Waals surface area (Å²) in [6.45, 7) is 0.823. The average Bonchev–Trinajstić information content (AvgIpc) is 2.71. The Balaban J connectivity index is 2.26. The molecule has 72 valence electrons. The van der Waals surface area contributed by atoms with Crippen LogP contribution in [-0.4, -0.2) is 23.3 Å². The molecule has 1 aromatic rings. The van der Waals surface area contributed by atoms with Crippen LogP contribution in [0.2, 0.25) is 0 Å². The highest BCUT2D eigenvalue weighted by Crippen LogP contribution is 2.28. The largest absolute Gasteiger partial charge is 0.468 e. The minimum atomic E-state index is 0.0914. The van der Waals surface area contributed by atoms with E-state index in [1.54, 1.807) is 7.11 Å². The Morgan fingerprint density at radius 3 is 3.23 bits per heavy atom. The summed E-state index contributed by atoms with van der Waals surface area (Å²) in [5.74, 6) is 0. The van der Waals surface area contributed by atoms with Gasteiger partial charge in [-0.3, -0.25) is 4.57 Å². The number of aromatic nitrogens is 2. The van der Waals surface area contributed by atoms with E-state index >= 15 is 0 Å². The minimum absolute atomic E-state index is 0.0914. The second kappa shape index (κ2) is 3.67. The first kappa shape index (κ1) is 9.02. The molecule has 0 aliphatic carbocycles. The van der Waals surface area contributed by atoms with Gasteiger partial charge in [0, 0.05) is 12.8 Å². The van der Waals surface area contributed by atoms with E-state index in [1.807, 2.05) is 10.8 Å². The molecule has 0 spiro atoms. The van der Waals surface area contributed by atoms with Crippen molar-refractivity contribution in [2.24, 2.45) is 0 Å². The van der Waals surface area contributed by atoms with Gasteiger partial charge in [0.15, 0.2) is 0 Å². The first-order valence-corrected chi connectivity index (χ1v) is 5.00. The number of nitrogens with zero attached hydrogens (tertiary/aromatic N) is 2. The number of hydrogen-bond acceptors (Lipinski definition) is 3. The van der Waals surface area contributed by atoms with Crippen molar-refractivity contribution < 1.29 is 9.47 Å². The lowest BCUT2D eigenvalue weighted by Gasteiger charge is -2.12. The Morgan fingerprint density at radius 2 is 2.62 bits per heavy atom. The second-order valence-electron chi connectivity index (χ2n) is 2.93. The normalized spacial score (nSPS) is 22.2. The molecule has 0 aromatic carbocycles. The molecule has 1 atom stereocenters. The third kappa shape index (κ3) is 1.71. The van der Waals surface area contributed by atoms with Gasteiger partial charge in [0.05, 0.1) is 7.11 Å². The predicted molar refractivity (Wildman–Crippen MR) is 50.7 cm³/mol. The van der Waals surface area contributed by atoms with Crippen LogP contribution in [0.15, 0.2) is 10.8 Å². The van der Waals surface area contributed by atoms with Crippen LogP contribution < -0.4 is 4.74 Å². The number of hydrogen-bond donors (Lipinski definition) is 0. The van der Waals surface area contributed by atoms with E-state index in [1.165, 1.54) is 0 Å². The monoisotopic (exact) mass is 246 g/mol. The summed E-state index contributed by atoms with van der Waals surface area (Å²) < 4.78 is 13.3. The number of ether oxygens (including phenoxy) is 2. The quantitative estimate of drug-likeness (QED) is 0.801. The van der Waals surface area contributed by atoms with Gasteiger partial charge in [0.2, 0.25) is 0 Å². The van der Waals surface area contributed by atoms with Gasteiger partial charge in [-0.25, -0.2) is 0 Å². The summed E-state index contributed by atoms with van der Waals surface area (Å²) in [5.41, 5.74) is 0. The molecule has 0 N–H and O–H groups in total. The smallest absolute Gasteiger partial charge is 0.299 e. The zero-order valence-corrected chi connectivity index (χ0v) is 8.95. The molecule has 4 nitrogen and oxygen atoms in total. The van der Waals surface area contributed by atoms with E-state index in [4.69, 9.17) is 9.47 Å². The van der Waals surface area contributed by atoms with Crippen molar-refractivity contribution in [2.45, 2.75) is 19.1 Å². The van der Waals surface area contributed by atoms with Gasteiger partial charge in [0.1, 0.15) is 10.8 Å². The maximum atomic E-state index is 5.52. The molecule has 13 heavy (non-hydrogen) atoms. The van der Waals surface area contributed by atoms with Gasteiger partial charge in [0.25, 0.3) is 6.01 Å². The lowest BCUT2D eigenvalue weighted by molar-refractivity contribution is 0.0501. The van der Waals surface area contributed by atoms with Crippen molar-refractivity contribution >= 4 is 15.9 Å². The molecule has 1 aliphatic rings. The molecule has 0 amide bonds. The van der Waals surface area contributed by atoms with Crippen LogP contribution in [0.3, 0.4) is 0 Å². The highest BCUT2D eigenvalue weighted by molar-refractivity contribution is 9.10. The zero-order chi connectivity index (χ0) is 9.26. The third-order valence-corrected chi connectivity index (χ3v) is 2.45. The van der Waals surface area contributed by atoms with Gasteiger partial charge in [-0.05, 0) is 28.8 Å². The fourth-order valence-corrected chi connectivity index (χ4v) is 1.86. The SMILES string of the molecule is COc1nc(Br)cn1C1CCCO1. The fraction of sp³-hybridized carbons (Fsp3) is 0.625. The molecule has 2 rings (SSSR count). The highest BCUT2D eigenvalue weighted by atomic mass is 79.9. The van der Waals surface area contributed by atoms with Crippen molar-refractivity contribution in [3.05, 3.63) is 10.8 Å². The van der Waals surface area contributed by atoms with E-state index in [2.05, 4.69) is 20.9 Å². The van der Waals surface area contributed by atoms with Crippen molar-refractivity contribution in [1.82, 2.24) is 9.55 Å². The van der Waals surface area contributed by atoms with Gasteiger partial charge in [-0.2, -0.15) is 4.98 Å². The minimum Gasteiger partial charge on any atom is -0.468 e. The van der Waals surface area contributed by atoms with E-state index in [-0.39, 0.29) is 6.23 Å². The van der Waals surface area contributed by atoms with Crippen LogP contribution in [0, 0.1) is 0 Å². The van der Waals surface area contributed by atoms with Crippen LogP contribution in [0.1, 0.15) is 19.1 Å². The van der Waals surface area contributed by atoms with E-state index in [0.717, 1.165) is 24.1 Å². The lowest BCUT2D eigenvalue weighted by atomic mass is 10.3. The molecular formula is C8H11BrN2O2. The topological polar surface area (TPSA) is 36.3 Å². The Morgan fingerprint density at radius 1 is 1.77 bits per heavy atom. The van der Waals surface area contributed by atoms with Gasteiger partial charge in [-0.15, -0.1) is 0 Å². The summed E-state index contributed by atoms with van der Waals surface area (Å²) in [6, 6.07) is 0.596. The highest BCUT2D eigenvalue weighted by Gasteiger charge is 2.21. The number of imidazole rings is 1. The first-order valence-electron chi connectivity index (χ1n) is 4.21. The number of halogens is 1. The van der Waals surface area contributed by atoms with Crippen molar-refractivity contribution in [1.29, 1.82) is 0 Å². The Bertz CT molecular complexity index is 294. The van der Waals surface area contributed by atoms with E-state index in [9.17, 15) is 0 Å². The van der Waals surface area contributed by atoms with Crippen LogP contribution in [-0.2, 0) is 4.74 Å². The fourth-order valence-electron chi connectivity index (χ4n) is 1.49. The predicted octanol–water partition coefficient (Wildman–Crippen LogP) is 1.96. The molecular weight excluding hydrogens is 236 g/mol. The van der Waals surface area contributed by atoms with Crippen LogP contribution in [0.5, 0.6) is 6.01 Å². The van der Waals surface area contributed by atoms with E-state index < -0.39 is 0 Å². The molecule has 1 fully saturated rings. The first-order chi connectivity index (χ1) is 6.31. The van der Waals surface area contributed by atoms with Crippen molar-refractivity contribution in [3.63, 3.8) is 0 Å². The van der Waals surface area contributed by atoms with Gasteiger partial charge in [-0.1, -0.05) is 0 Å². The molecule has 0 saturated carbocycles. The molecule has 5 heteroatoms. The number of rotatable bonds is 2. The van der Waals surface area contributed by atoms with Crippen LogP contribution in [0.25, 0.3) is 0 Å². The van der Waals surface area contributed by atoms with Gasteiger partial charge >= 0.3 is 0 Å². The maximum absolute atomic E-state index is 5.52. The zero-order valence-electron chi connectivity index (χ0n) is 7.36. The second-order valence-corrected chi connectivity index (χ2v) is 3.74. The molecule has 1 unspecified atom stereocenters. The molecule has 1 saturated heterocycles. The van der Waals surface area contributed by atoms with E-state index in [0.29, 0.717) is 6.01 Å². The average molecular weight is 247 g/mol. The summed E-state index contributed by atoms with van der Waals surface area (Å²) in [4.78, 5) is 4.15. The number of methoxy groups -OCH3 is 1. The Hall–Kier alpha value is -0.550. The standard InChI is InChI=1S/C8H11BrN2O2/c1-12-8-10-6(9)5-11(8)7-3-2-4-13-7/h5,7H,2-4H2,1H3. The molecule has 0 bridgehead atoms.